The van der Waals surface area contributed by atoms with Gasteiger partial charge in [0.15, 0.2) is 5.82 Å². The maximum atomic E-state index is 15.3. The Kier molecular flexibility index (Phi) is 4.75. The van der Waals surface area contributed by atoms with E-state index >= 15 is 4.39 Å². The number of pyridine rings is 1. The van der Waals surface area contributed by atoms with Gasteiger partial charge in [-0.3, -0.25) is 9.71 Å². The first kappa shape index (κ1) is 19.1. The van der Waals surface area contributed by atoms with Gasteiger partial charge in [-0.15, -0.1) is 0 Å². The predicted octanol–water partition coefficient (Wildman–Crippen LogP) is 5.23. The molecule has 0 atom stereocenters. The van der Waals surface area contributed by atoms with Crippen molar-refractivity contribution in [3.8, 4) is 0 Å². The maximum absolute atomic E-state index is 15.3. The number of hydrogen-bond donors (Lipinski definition) is 2. The van der Waals surface area contributed by atoms with E-state index in [1.807, 2.05) is 0 Å². The average Bonchev–Trinajstić information content (AvgIpc) is 3.46. The number of fused-ring (bicyclic) bond motifs is 1. The largest absolute Gasteiger partial charge is 0.349 e. The number of nitrogens with zero attached hydrogens (tertiary/aromatic N) is 1. The van der Waals surface area contributed by atoms with Crippen LogP contribution >= 0.6 is 15.9 Å². The first-order valence-electron chi connectivity index (χ1n) is 8.58. The molecule has 0 radical (unpaired) electrons. The first-order valence-corrected chi connectivity index (χ1v) is 10.9. The fourth-order valence-corrected chi connectivity index (χ4v) is 4.65. The molecular weight excluding hydrogens is 452 g/mol. The number of benzene rings is 2. The molecule has 28 heavy (non-hydrogen) atoms. The van der Waals surface area contributed by atoms with Crippen molar-refractivity contribution in [1.82, 2.24) is 4.98 Å². The molecule has 1 heterocycles. The third-order valence-corrected chi connectivity index (χ3v) is 6.95. The van der Waals surface area contributed by atoms with Crippen LogP contribution in [-0.4, -0.2) is 18.7 Å². The average molecular weight is 468 g/mol. The summed E-state index contributed by atoms with van der Waals surface area (Å²) in [6.07, 6.45) is 2.60. The molecule has 0 saturated heterocycles. The Bertz CT molecular complexity index is 1200. The fraction of sp³-hybridized carbons (Fsp3) is 0.211. The summed E-state index contributed by atoms with van der Waals surface area (Å²) in [5.41, 5.74) is 0.693. The molecule has 1 saturated carbocycles. The number of halogens is 3. The van der Waals surface area contributed by atoms with Crippen LogP contribution in [0.1, 0.15) is 18.4 Å². The quantitative estimate of drug-likeness (QED) is 0.538. The van der Waals surface area contributed by atoms with E-state index in [0.717, 1.165) is 5.56 Å². The second-order valence-corrected chi connectivity index (χ2v) is 9.61. The number of aromatic nitrogens is 1. The molecule has 2 N–H and O–H groups in total. The molecule has 0 bridgehead atoms. The summed E-state index contributed by atoms with van der Waals surface area (Å²) in [6.45, 7) is 1.78. The van der Waals surface area contributed by atoms with Crippen molar-refractivity contribution >= 4 is 53.9 Å². The fourth-order valence-electron chi connectivity index (χ4n) is 2.92. The van der Waals surface area contributed by atoms with Crippen LogP contribution in [-0.2, 0) is 10.0 Å². The van der Waals surface area contributed by atoms with Gasteiger partial charge in [0.05, 0.1) is 16.6 Å². The summed E-state index contributed by atoms with van der Waals surface area (Å²) in [4.78, 5) is 4.07. The van der Waals surface area contributed by atoms with Gasteiger partial charge < -0.3 is 5.32 Å². The third kappa shape index (κ3) is 3.56. The molecule has 1 aliphatic rings. The minimum Gasteiger partial charge on any atom is -0.349 e. The second kappa shape index (κ2) is 6.97. The van der Waals surface area contributed by atoms with Gasteiger partial charge in [0.1, 0.15) is 17.0 Å². The zero-order chi connectivity index (χ0) is 20.1. The monoisotopic (exact) mass is 467 g/mol. The number of nitrogens with one attached hydrogen (secondary N) is 2. The van der Waals surface area contributed by atoms with Crippen LogP contribution in [0.3, 0.4) is 0 Å². The van der Waals surface area contributed by atoms with Crippen molar-refractivity contribution < 1.29 is 17.2 Å². The number of aryl methyl sites for hydroxylation is 1. The van der Waals surface area contributed by atoms with E-state index in [9.17, 15) is 12.8 Å². The molecule has 2 aromatic carbocycles. The molecule has 0 spiro atoms. The SMILES string of the molecule is Cc1ccnc2c(F)c(Nc3ccc(Br)cc3F)c(NS(=O)(=O)C3CC3)cc12. The van der Waals surface area contributed by atoms with Crippen molar-refractivity contribution in [2.75, 3.05) is 10.0 Å². The molecule has 146 valence electrons. The smallest absolute Gasteiger partial charge is 0.235 e. The molecule has 1 fully saturated rings. The summed E-state index contributed by atoms with van der Waals surface area (Å²) in [6, 6.07) is 7.51. The standard InChI is InChI=1S/C19H16BrF2N3O2S/c1-10-6-7-23-18-13(10)9-16(25-28(26,27)12-3-4-12)19(17(18)22)24-15-5-2-11(20)8-14(15)21/h2,5-9,12,24-25H,3-4H2,1H3. The van der Waals surface area contributed by atoms with E-state index in [2.05, 4.69) is 31.0 Å². The predicted molar refractivity (Wildman–Crippen MR) is 109 cm³/mol. The van der Waals surface area contributed by atoms with E-state index in [4.69, 9.17) is 0 Å². The molecule has 3 aromatic rings. The lowest BCUT2D eigenvalue weighted by atomic mass is 10.1. The van der Waals surface area contributed by atoms with Crippen LogP contribution in [0.2, 0.25) is 0 Å². The molecular formula is C19H16BrF2N3O2S. The number of rotatable bonds is 5. The molecule has 0 amide bonds. The summed E-state index contributed by atoms with van der Waals surface area (Å²) in [7, 11) is -3.65. The third-order valence-electron chi connectivity index (χ3n) is 4.60. The number of anilines is 3. The van der Waals surface area contributed by atoms with Crippen molar-refractivity contribution in [3.05, 3.63) is 58.2 Å². The van der Waals surface area contributed by atoms with E-state index in [1.165, 1.54) is 24.4 Å². The van der Waals surface area contributed by atoms with Gasteiger partial charge in [0, 0.05) is 16.1 Å². The normalized spacial score (nSPS) is 14.3. The lowest BCUT2D eigenvalue weighted by Gasteiger charge is -2.17. The zero-order valence-electron chi connectivity index (χ0n) is 14.8. The Morgan fingerprint density at radius 3 is 2.57 bits per heavy atom. The molecule has 1 aromatic heterocycles. The molecule has 0 aliphatic heterocycles. The molecule has 0 unspecified atom stereocenters. The van der Waals surface area contributed by atoms with Gasteiger partial charge in [-0.1, -0.05) is 15.9 Å². The number of sulfonamides is 1. The van der Waals surface area contributed by atoms with E-state index in [0.29, 0.717) is 22.7 Å². The highest BCUT2D eigenvalue weighted by Crippen LogP contribution is 2.38. The van der Waals surface area contributed by atoms with Gasteiger partial charge in [-0.05, 0) is 55.7 Å². The molecule has 9 heteroatoms. The Morgan fingerprint density at radius 2 is 1.89 bits per heavy atom. The van der Waals surface area contributed by atoms with Crippen LogP contribution in [0, 0.1) is 18.6 Å². The Labute approximate surface area is 169 Å². The van der Waals surface area contributed by atoms with Crippen LogP contribution < -0.4 is 10.0 Å². The van der Waals surface area contributed by atoms with Crippen LogP contribution in [0.25, 0.3) is 10.9 Å². The van der Waals surface area contributed by atoms with Crippen molar-refractivity contribution in [3.63, 3.8) is 0 Å². The Hall–Kier alpha value is -2.26. The summed E-state index contributed by atoms with van der Waals surface area (Å²) in [5.74, 6) is -1.36. The Morgan fingerprint density at radius 1 is 1.14 bits per heavy atom. The first-order chi connectivity index (χ1) is 13.3. The van der Waals surface area contributed by atoms with Gasteiger partial charge in [0.2, 0.25) is 10.0 Å². The lowest BCUT2D eigenvalue weighted by molar-refractivity contribution is 0.600. The van der Waals surface area contributed by atoms with E-state index in [1.54, 1.807) is 19.1 Å². The lowest BCUT2D eigenvalue weighted by Crippen LogP contribution is -2.18. The maximum Gasteiger partial charge on any atom is 0.235 e. The highest BCUT2D eigenvalue weighted by Gasteiger charge is 2.36. The molecule has 4 rings (SSSR count). The van der Waals surface area contributed by atoms with Crippen molar-refractivity contribution in [2.24, 2.45) is 0 Å². The Balaban J connectivity index is 1.88. The second-order valence-electron chi connectivity index (χ2n) is 6.73. The van der Waals surface area contributed by atoms with Crippen molar-refractivity contribution in [2.45, 2.75) is 25.0 Å². The van der Waals surface area contributed by atoms with Crippen molar-refractivity contribution in [1.29, 1.82) is 0 Å². The van der Waals surface area contributed by atoms with Crippen LogP contribution in [0.15, 0.2) is 41.0 Å². The minimum absolute atomic E-state index is 0.0148. The van der Waals surface area contributed by atoms with E-state index < -0.39 is 26.9 Å². The molecule has 5 nitrogen and oxygen atoms in total. The summed E-state index contributed by atoms with van der Waals surface area (Å²) in [5, 5.41) is 2.69. The highest BCUT2D eigenvalue weighted by molar-refractivity contribution is 9.10. The molecule has 1 aliphatic carbocycles. The van der Waals surface area contributed by atoms with Crippen LogP contribution in [0.5, 0.6) is 0 Å². The van der Waals surface area contributed by atoms with Crippen LogP contribution in [0.4, 0.5) is 25.8 Å². The van der Waals surface area contributed by atoms with Gasteiger partial charge in [0.25, 0.3) is 0 Å². The van der Waals surface area contributed by atoms with Gasteiger partial charge >= 0.3 is 0 Å². The van der Waals surface area contributed by atoms with Gasteiger partial charge in [-0.25, -0.2) is 17.2 Å². The van der Waals surface area contributed by atoms with E-state index in [-0.39, 0.29) is 22.6 Å². The number of hydrogen-bond acceptors (Lipinski definition) is 4. The minimum atomic E-state index is -3.65. The summed E-state index contributed by atoms with van der Waals surface area (Å²) >= 11 is 3.17. The summed E-state index contributed by atoms with van der Waals surface area (Å²) < 4.78 is 57.5. The highest BCUT2D eigenvalue weighted by atomic mass is 79.9. The zero-order valence-corrected chi connectivity index (χ0v) is 17.2. The topological polar surface area (TPSA) is 71.1 Å². The van der Waals surface area contributed by atoms with Gasteiger partial charge in [-0.2, -0.15) is 0 Å².